The summed E-state index contributed by atoms with van der Waals surface area (Å²) >= 11 is 0. The van der Waals surface area contributed by atoms with E-state index >= 15 is 0 Å². The van der Waals surface area contributed by atoms with Gasteiger partial charge in [0.15, 0.2) is 6.61 Å². The molecule has 1 N–H and O–H groups in total. The van der Waals surface area contributed by atoms with Crippen molar-refractivity contribution in [2.75, 3.05) is 25.6 Å². The van der Waals surface area contributed by atoms with Gasteiger partial charge in [0.2, 0.25) is 0 Å². The lowest BCUT2D eigenvalue weighted by Crippen LogP contribution is -2.20. The molecule has 0 aliphatic rings. The van der Waals surface area contributed by atoms with E-state index in [1.807, 2.05) is 37.3 Å². The van der Waals surface area contributed by atoms with Crippen LogP contribution in [0.15, 0.2) is 42.5 Å². The SMILES string of the molecule is COc1ccc(C)cc1NC(=O)COc1ccc(OCCC(C)C)cc1. The number of carbonyl (C=O) groups is 1. The lowest BCUT2D eigenvalue weighted by Gasteiger charge is -2.12. The average molecular weight is 357 g/mol. The maximum absolute atomic E-state index is 12.1. The molecule has 140 valence electrons. The molecule has 0 heterocycles. The lowest BCUT2D eigenvalue weighted by molar-refractivity contribution is -0.118. The van der Waals surface area contributed by atoms with Crippen LogP contribution in [0.2, 0.25) is 0 Å². The number of hydrogen-bond donors (Lipinski definition) is 1. The Morgan fingerprint density at radius 2 is 1.69 bits per heavy atom. The first-order valence-corrected chi connectivity index (χ1v) is 8.78. The molecule has 5 heteroatoms. The van der Waals surface area contributed by atoms with Gasteiger partial charge in [-0.25, -0.2) is 0 Å². The van der Waals surface area contributed by atoms with E-state index in [9.17, 15) is 4.79 Å². The lowest BCUT2D eigenvalue weighted by atomic mass is 10.1. The van der Waals surface area contributed by atoms with E-state index in [0.29, 0.717) is 29.7 Å². The van der Waals surface area contributed by atoms with Gasteiger partial charge in [-0.05, 0) is 61.2 Å². The van der Waals surface area contributed by atoms with E-state index < -0.39 is 0 Å². The molecule has 0 radical (unpaired) electrons. The van der Waals surface area contributed by atoms with Crippen molar-refractivity contribution < 1.29 is 19.0 Å². The Hall–Kier alpha value is -2.69. The second kappa shape index (κ2) is 9.70. The number of ether oxygens (including phenoxy) is 3. The third kappa shape index (κ3) is 6.31. The van der Waals surface area contributed by atoms with Gasteiger partial charge in [-0.15, -0.1) is 0 Å². The van der Waals surface area contributed by atoms with Crippen LogP contribution in [0.5, 0.6) is 17.2 Å². The van der Waals surface area contributed by atoms with Crippen LogP contribution in [0, 0.1) is 12.8 Å². The van der Waals surface area contributed by atoms with Crippen LogP contribution in [0.25, 0.3) is 0 Å². The highest BCUT2D eigenvalue weighted by Gasteiger charge is 2.09. The van der Waals surface area contributed by atoms with Crippen molar-refractivity contribution in [2.24, 2.45) is 5.92 Å². The number of amides is 1. The minimum atomic E-state index is -0.244. The molecule has 0 bridgehead atoms. The van der Waals surface area contributed by atoms with Crippen molar-refractivity contribution >= 4 is 11.6 Å². The Morgan fingerprint density at radius 3 is 2.31 bits per heavy atom. The monoisotopic (exact) mass is 357 g/mol. The molecule has 0 saturated carbocycles. The zero-order valence-corrected chi connectivity index (χ0v) is 15.9. The Balaban J connectivity index is 1.83. The Kier molecular flexibility index (Phi) is 7.33. The first kappa shape index (κ1) is 19.6. The van der Waals surface area contributed by atoms with Crippen molar-refractivity contribution in [1.29, 1.82) is 0 Å². The normalized spacial score (nSPS) is 10.5. The maximum atomic E-state index is 12.1. The summed E-state index contributed by atoms with van der Waals surface area (Å²) in [5.74, 6) is 2.40. The van der Waals surface area contributed by atoms with Crippen LogP contribution >= 0.6 is 0 Å². The third-order valence-corrected chi connectivity index (χ3v) is 3.79. The molecule has 0 saturated heterocycles. The van der Waals surface area contributed by atoms with Crippen molar-refractivity contribution in [2.45, 2.75) is 27.2 Å². The van der Waals surface area contributed by atoms with Gasteiger partial charge in [0.25, 0.3) is 5.91 Å². The van der Waals surface area contributed by atoms with Crippen molar-refractivity contribution in [3.8, 4) is 17.2 Å². The summed E-state index contributed by atoms with van der Waals surface area (Å²) in [5.41, 5.74) is 1.67. The predicted molar refractivity (Wildman–Crippen MR) is 103 cm³/mol. The summed E-state index contributed by atoms with van der Waals surface area (Å²) in [6.45, 7) is 6.90. The fraction of sp³-hybridized carbons (Fsp3) is 0.381. The molecule has 0 spiro atoms. The molecule has 5 nitrogen and oxygen atoms in total. The molecule has 0 aliphatic carbocycles. The molecule has 0 aromatic heterocycles. The van der Waals surface area contributed by atoms with Crippen LogP contribution < -0.4 is 19.5 Å². The van der Waals surface area contributed by atoms with Crippen molar-refractivity contribution in [3.63, 3.8) is 0 Å². The zero-order valence-electron chi connectivity index (χ0n) is 15.9. The van der Waals surface area contributed by atoms with Gasteiger partial charge in [-0.3, -0.25) is 4.79 Å². The summed E-state index contributed by atoms with van der Waals surface area (Å²) in [6, 6.07) is 12.9. The Labute approximate surface area is 155 Å². The first-order valence-electron chi connectivity index (χ1n) is 8.78. The largest absolute Gasteiger partial charge is 0.495 e. The van der Waals surface area contributed by atoms with Gasteiger partial charge in [0.1, 0.15) is 17.2 Å². The number of aryl methyl sites for hydroxylation is 1. The maximum Gasteiger partial charge on any atom is 0.262 e. The van der Waals surface area contributed by atoms with Gasteiger partial charge in [0, 0.05) is 0 Å². The molecule has 1 amide bonds. The molecular weight excluding hydrogens is 330 g/mol. The number of carbonyl (C=O) groups excluding carboxylic acids is 1. The van der Waals surface area contributed by atoms with Crippen molar-refractivity contribution in [3.05, 3.63) is 48.0 Å². The summed E-state index contributed by atoms with van der Waals surface area (Å²) in [6.07, 6.45) is 1.01. The topological polar surface area (TPSA) is 56.8 Å². The Morgan fingerprint density at radius 1 is 1.04 bits per heavy atom. The molecule has 0 aliphatic heterocycles. The number of benzene rings is 2. The quantitative estimate of drug-likeness (QED) is 0.720. The highest BCUT2D eigenvalue weighted by molar-refractivity contribution is 5.93. The van der Waals surface area contributed by atoms with Gasteiger partial charge in [0.05, 0.1) is 19.4 Å². The van der Waals surface area contributed by atoms with Gasteiger partial charge >= 0.3 is 0 Å². The summed E-state index contributed by atoms with van der Waals surface area (Å²) in [5, 5.41) is 2.81. The van der Waals surface area contributed by atoms with E-state index in [1.54, 1.807) is 19.2 Å². The van der Waals surface area contributed by atoms with Crippen LogP contribution in [-0.4, -0.2) is 26.2 Å². The highest BCUT2D eigenvalue weighted by atomic mass is 16.5. The van der Waals surface area contributed by atoms with Crippen molar-refractivity contribution in [1.82, 2.24) is 0 Å². The molecule has 2 aromatic carbocycles. The third-order valence-electron chi connectivity index (χ3n) is 3.79. The predicted octanol–water partition coefficient (Wildman–Crippen LogP) is 4.45. The molecule has 0 unspecified atom stereocenters. The number of methoxy groups -OCH3 is 1. The molecule has 2 aromatic rings. The Bertz CT molecular complexity index is 710. The molecule has 0 fully saturated rings. The summed E-state index contributed by atoms with van der Waals surface area (Å²) in [4.78, 5) is 12.1. The fourth-order valence-electron chi connectivity index (χ4n) is 2.30. The van der Waals surface area contributed by atoms with E-state index in [4.69, 9.17) is 14.2 Å². The first-order chi connectivity index (χ1) is 12.5. The van der Waals surface area contributed by atoms with Gasteiger partial charge in [-0.2, -0.15) is 0 Å². The fourth-order valence-corrected chi connectivity index (χ4v) is 2.30. The van der Waals surface area contributed by atoms with E-state index in [-0.39, 0.29) is 12.5 Å². The molecule has 0 atom stereocenters. The number of rotatable bonds is 9. The average Bonchev–Trinajstić information content (AvgIpc) is 2.61. The number of anilines is 1. The molecule has 26 heavy (non-hydrogen) atoms. The second-order valence-electron chi connectivity index (χ2n) is 6.54. The van der Waals surface area contributed by atoms with Crippen LogP contribution in [0.3, 0.4) is 0 Å². The molecular formula is C21H27NO4. The van der Waals surface area contributed by atoms with Crippen LogP contribution in [0.4, 0.5) is 5.69 Å². The highest BCUT2D eigenvalue weighted by Crippen LogP contribution is 2.25. The van der Waals surface area contributed by atoms with Gasteiger partial charge in [-0.1, -0.05) is 19.9 Å². The minimum absolute atomic E-state index is 0.0787. The number of nitrogens with one attached hydrogen (secondary N) is 1. The number of hydrogen-bond acceptors (Lipinski definition) is 4. The second-order valence-corrected chi connectivity index (χ2v) is 6.54. The summed E-state index contributed by atoms with van der Waals surface area (Å²) in [7, 11) is 1.57. The van der Waals surface area contributed by atoms with E-state index in [0.717, 1.165) is 17.7 Å². The smallest absolute Gasteiger partial charge is 0.262 e. The van der Waals surface area contributed by atoms with E-state index in [1.165, 1.54) is 0 Å². The zero-order chi connectivity index (χ0) is 18.9. The van der Waals surface area contributed by atoms with E-state index in [2.05, 4.69) is 19.2 Å². The minimum Gasteiger partial charge on any atom is -0.495 e. The molecule has 2 rings (SSSR count). The van der Waals surface area contributed by atoms with Crippen LogP contribution in [-0.2, 0) is 4.79 Å². The van der Waals surface area contributed by atoms with Crippen LogP contribution in [0.1, 0.15) is 25.8 Å². The van der Waals surface area contributed by atoms with Gasteiger partial charge < -0.3 is 19.5 Å². The summed E-state index contributed by atoms with van der Waals surface area (Å²) < 4.78 is 16.5. The standard InChI is InChI=1S/C21H27NO4/c1-15(2)11-12-25-17-6-8-18(9-7-17)26-14-21(23)22-19-13-16(3)5-10-20(19)24-4/h5-10,13,15H,11-12,14H2,1-4H3,(H,22,23).